The van der Waals surface area contributed by atoms with Crippen LogP contribution in [0.15, 0.2) is 54.0 Å². The molecule has 0 fully saturated rings. The number of nitrogens with one attached hydrogen (secondary N) is 1. The number of fused-ring (bicyclic) bond motifs is 1. The maximum atomic E-state index is 14.1. The Balaban J connectivity index is 1.70. The molecule has 0 spiro atoms. The van der Waals surface area contributed by atoms with Gasteiger partial charge in [-0.05, 0) is 36.8 Å². The van der Waals surface area contributed by atoms with Gasteiger partial charge in [-0.1, -0.05) is 23.7 Å². The Morgan fingerprint density at radius 2 is 2.06 bits per heavy atom. The quantitative estimate of drug-likeness (QED) is 0.556. The Kier molecular flexibility index (Phi) is 6.00. The smallest absolute Gasteiger partial charge is 0.338 e. The molecule has 10 heteroatoms. The summed E-state index contributed by atoms with van der Waals surface area (Å²) in [6, 6.07) is 9.05. The van der Waals surface area contributed by atoms with E-state index in [0.717, 1.165) is 0 Å². The van der Waals surface area contributed by atoms with Gasteiger partial charge in [0.05, 0.1) is 24.8 Å². The molecule has 8 nitrogen and oxygen atoms in total. The van der Waals surface area contributed by atoms with Crippen LogP contribution in [-0.4, -0.2) is 35.0 Å². The summed E-state index contributed by atoms with van der Waals surface area (Å²) in [5.41, 5.74) is 1.94. The minimum absolute atomic E-state index is 0.0752. The van der Waals surface area contributed by atoms with E-state index in [4.69, 9.17) is 25.8 Å². The molecular weight excluding hydrogens is 439 g/mol. The Labute approximate surface area is 188 Å². The fraction of sp³-hybridized carbons (Fsp3) is 0.227. The lowest BCUT2D eigenvalue weighted by atomic mass is 9.95. The normalized spacial score (nSPS) is 15.1. The highest BCUT2D eigenvalue weighted by Crippen LogP contribution is 2.39. The Morgan fingerprint density at radius 3 is 2.78 bits per heavy atom. The van der Waals surface area contributed by atoms with Crippen LogP contribution < -0.4 is 14.8 Å². The van der Waals surface area contributed by atoms with Crippen molar-refractivity contribution in [2.45, 2.75) is 19.6 Å². The fourth-order valence-electron chi connectivity index (χ4n) is 3.57. The number of aromatic nitrogens is 3. The van der Waals surface area contributed by atoms with Gasteiger partial charge < -0.3 is 19.5 Å². The highest BCUT2D eigenvalue weighted by Gasteiger charge is 2.34. The average Bonchev–Trinajstić information content (AvgIpc) is 3.25. The molecule has 2 aromatic carbocycles. The van der Waals surface area contributed by atoms with Crippen molar-refractivity contribution in [2.75, 3.05) is 19.5 Å². The monoisotopic (exact) mass is 458 g/mol. The van der Waals surface area contributed by atoms with E-state index in [0.29, 0.717) is 34.3 Å². The first kappa shape index (κ1) is 21.6. The topological polar surface area (TPSA) is 87.5 Å². The van der Waals surface area contributed by atoms with Crippen LogP contribution in [0.1, 0.15) is 24.1 Å². The number of carbonyl (C=O) groups is 1. The number of halogens is 2. The minimum Gasteiger partial charge on any atom is -0.493 e. The second-order valence-corrected chi connectivity index (χ2v) is 7.39. The van der Waals surface area contributed by atoms with Crippen molar-refractivity contribution >= 4 is 23.5 Å². The summed E-state index contributed by atoms with van der Waals surface area (Å²) in [5, 5.41) is 7.60. The van der Waals surface area contributed by atoms with Crippen LogP contribution in [0.2, 0.25) is 5.02 Å². The summed E-state index contributed by atoms with van der Waals surface area (Å²) in [4.78, 5) is 16.7. The number of carbonyl (C=O) groups excluding carboxylic acids is 1. The minimum atomic E-state index is -0.592. The van der Waals surface area contributed by atoms with Crippen molar-refractivity contribution in [3.63, 3.8) is 0 Å². The van der Waals surface area contributed by atoms with Gasteiger partial charge in [0, 0.05) is 11.3 Å². The lowest BCUT2D eigenvalue weighted by Crippen LogP contribution is -2.29. The van der Waals surface area contributed by atoms with Crippen LogP contribution in [0, 0.1) is 5.82 Å². The summed E-state index contributed by atoms with van der Waals surface area (Å²) in [6.07, 6.45) is 1.40. The van der Waals surface area contributed by atoms with E-state index >= 15 is 0 Å². The standard InChI is InChI=1S/C22H20ClFN4O4/c1-12-19(21(29)31-3)20(28-22(27-12)25-11-26-28)13-7-8-17(18(9-13)30-2)32-10-14-15(23)5-4-6-16(14)24/h4-9,11,20H,10H2,1-3H3,(H,25,26,27). The van der Waals surface area contributed by atoms with Gasteiger partial charge in [0.1, 0.15) is 24.8 Å². The summed E-state index contributed by atoms with van der Waals surface area (Å²) < 4.78 is 31.9. The molecule has 3 aromatic rings. The zero-order valence-electron chi connectivity index (χ0n) is 17.6. The molecule has 0 aliphatic carbocycles. The first-order valence-corrected chi connectivity index (χ1v) is 10.0. The van der Waals surface area contributed by atoms with Gasteiger partial charge in [0.25, 0.3) is 0 Å². The number of ether oxygens (including phenoxy) is 3. The fourth-order valence-corrected chi connectivity index (χ4v) is 3.78. The molecule has 2 heterocycles. The van der Waals surface area contributed by atoms with Gasteiger partial charge >= 0.3 is 5.97 Å². The Bertz CT molecular complexity index is 1190. The summed E-state index contributed by atoms with van der Waals surface area (Å²) in [6.45, 7) is 1.69. The number of esters is 1. The SMILES string of the molecule is COC(=O)C1=C(C)Nc2ncnn2C1c1ccc(OCc2c(F)cccc2Cl)c(OC)c1. The van der Waals surface area contributed by atoms with Crippen molar-refractivity contribution in [3.05, 3.63) is 76.0 Å². The molecule has 1 aliphatic heterocycles. The van der Waals surface area contributed by atoms with E-state index in [2.05, 4.69) is 15.4 Å². The van der Waals surface area contributed by atoms with Gasteiger partial charge in [-0.15, -0.1) is 0 Å². The van der Waals surface area contributed by atoms with E-state index < -0.39 is 17.8 Å². The molecule has 0 radical (unpaired) electrons. The summed E-state index contributed by atoms with van der Waals surface area (Å²) >= 11 is 6.08. The van der Waals surface area contributed by atoms with Crippen LogP contribution in [-0.2, 0) is 16.1 Å². The Morgan fingerprint density at radius 1 is 1.25 bits per heavy atom. The van der Waals surface area contributed by atoms with Crippen LogP contribution >= 0.6 is 11.6 Å². The second kappa shape index (κ2) is 8.88. The van der Waals surface area contributed by atoms with Gasteiger partial charge in [0.15, 0.2) is 11.5 Å². The summed E-state index contributed by atoms with van der Waals surface area (Å²) in [7, 11) is 2.82. The largest absolute Gasteiger partial charge is 0.493 e. The third-order valence-corrected chi connectivity index (χ3v) is 5.49. The molecule has 1 unspecified atom stereocenters. The van der Waals surface area contributed by atoms with Gasteiger partial charge in [0.2, 0.25) is 5.95 Å². The molecule has 0 saturated heterocycles. The highest BCUT2D eigenvalue weighted by atomic mass is 35.5. The van der Waals surface area contributed by atoms with E-state index in [1.165, 1.54) is 32.7 Å². The van der Waals surface area contributed by atoms with Crippen LogP contribution in [0.4, 0.5) is 10.3 Å². The molecule has 32 heavy (non-hydrogen) atoms. The molecule has 0 amide bonds. The first-order chi connectivity index (χ1) is 15.4. The molecule has 1 atom stereocenters. The van der Waals surface area contributed by atoms with Crippen LogP contribution in [0.5, 0.6) is 11.5 Å². The molecular formula is C22H20ClFN4O4. The lowest BCUT2D eigenvalue weighted by Gasteiger charge is -2.28. The maximum Gasteiger partial charge on any atom is 0.338 e. The van der Waals surface area contributed by atoms with Crippen LogP contribution in [0.25, 0.3) is 0 Å². The lowest BCUT2D eigenvalue weighted by molar-refractivity contribution is -0.136. The number of hydrogen-bond donors (Lipinski definition) is 1. The Hall–Kier alpha value is -3.59. The van der Waals surface area contributed by atoms with E-state index in [-0.39, 0.29) is 17.2 Å². The number of allylic oxidation sites excluding steroid dienone is 1. The molecule has 1 N–H and O–H groups in total. The molecule has 0 saturated carbocycles. The second-order valence-electron chi connectivity index (χ2n) is 6.99. The van der Waals surface area contributed by atoms with Crippen molar-refractivity contribution < 1.29 is 23.4 Å². The van der Waals surface area contributed by atoms with Gasteiger partial charge in [-0.3, -0.25) is 0 Å². The highest BCUT2D eigenvalue weighted by molar-refractivity contribution is 6.31. The van der Waals surface area contributed by atoms with E-state index in [1.54, 1.807) is 35.9 Å². The third kappa shape index (κ3) is 3.87. The predicted octanol–water partition coefficient (Wildman–Crippen LogP) is 4.12. The number of rotatable bonds is 6. The number of methoxy groups -OCH3 is 2. The third-order valence-electron chi connectivity index (χ3n) is 5.14. The molecule has 0 bridgehead atoms. The van der Waals surface area contributed by atoms with Crippen molar-refractivity contribution in [2.24, 2.45) is 0 Å². The number of benzene rings is 2. The van der Waals surface area contributed by atoms with Gasteiger partial charge in [-0.25, -0.2) is 13.9 Å². The van der Waals surface area contributed by atoms with E-state index in [9.17, 15) is 9.18 Å². The zero-order valence-corrected chi connectivity index (χ0v) is 18.3. The van der Waals surface area contributed by atoms with Crippen molar-refractivity contribution in [1.82, 2.24) is 14.8 Å². The van der Waals surface area contributed by atoms with Crippen LogP contribution in [0.3, 0.4) is 0 Å². The molecule has 166 valence electrons. The number of nitrogens with zero attached hydrogens (tertiary/aromatic N) is 3. The first-order valence-electron chi connectivity index (χ1n) is 9.63. The molecule has 1 aromatic heterocycles. The predicted molar refractivity (Wildman–Crippen MR) is 115 cm³/mol. The van der Waals surface area contributed by atoms with Crippen molar-refractivity contribution in [3.8, 4) is 11.5 Å². The van der Waals surface area contributed by atoms with E-state index in [1.807, 2.05) is 0 Å². The number of hydrogen-bond acceptors (Lipinski definition) is 7. The zero-order chi connectivity index (χ0) is 22.8. The maximum absolute atomic E-state index is 14.1. The number of anilines is 1. The average molecular weight is 459 g/mol. The molecule has 4 rings (SSSR count). The van der Waals surface area contributed by atoms with Gasteiger partial charge in [-0.2, -0.15) is 10.1 Å². The summed E-state index contributed by atoms with van der Waals surface area (Å²) in [5.74, 6) is 0.341. The molecule has 1 aliphatic rings. The van der Waals surface area contributed by atoms with Crippen molar-refractivity contribution in [1.29, 1.82) is 0 Å².